The third-order valence-corrected chi connectivity index (χ3v) is 2.61. The third kappa shape index (κ3) is 3.24. The van der Waals surface area contributed by atoms with E-state index in [0.717, 1.165) is 12.8 Å². The molecule has 0 saturated heterocycles. The number of rotatable bonds is 5. The molecule has 1 fully saturated rings. The van der Waals surface area contributed by atoms with Crippen molar-refractivity contribution in [3.05, 3.63) is 19.6 Å². The molecule has 4 nitrogen and oxygen atoms in total. The molecular formula is C8H14O4P. The average Bonchev–Trinajstić information content (AvgIpc) is 2.59. The molecule has 1 aliphatic carbocycles. The maximum atomic E-state index is 10.5. The zero-order valence-electron chi connectivity index (χ0n) is 7.35. The first kappa shape index (κ1) is 10.9. The second-order valence-corrected chi connectivity index (χ2v) is 5.02. The first-order valence-corrected chi connectivity index (χ1v) is 5.82. The second kappa shape index (κ2) is 3.54. The van der Waals surface area contributed by atoms with Crippen LogP contribution in [0.4, 0.5) is 0 Å². The van der Waals surface area contributed by atoms with Crippen LogP contribution in [0.15, 0.2) is 12.7 Å². The number of hydrogen-bond acceptors (Lipinski definition) is 2. The molecule has 2 N–H and O–H groups in total. The molecule has 0 aliphatic heterocycles. The van der Waals surface area contributed by atoms with Crippen LogP contribution in [0, 0.1) is 12.8 Å². The molecule has 75 valence electrons. The summed E-state index contributed by atoms with van der Waals surface area (Å²) in [5, 5.41) is 0. The fraction of sp³-hybridized carbons (Fsp3) is 0.625. The first-order valence-electron chi connectivity index (χ1n) is 4.02. The summed E-state index contributed by atoms with van der Waals surface area (Å²) in [7, 11) is -4.06. The van der Waals surface area contributed by atoms with Crippen molar-refractivity contribution in [2.75, 3.05) is 6.35 Å². The molecule has 0 aromatic carbocycles. The van der Waals surface area contributed by atoms with E-state index in [4.69, 9.17) is 14.5 Å². The van der Waals surface area contributed by atoms with E-state index in [2.05, 4.69) is 13.5 Å². The van der Waals surface area contributed by atoms with Gasteiger partial charge in [0.2, 0.25) is 0 Å². The highest BCUT2D eigenvalue weighted by Gasteiger charge is 2.51. The van der Waals surface area contributed by atoms with Crippen LogP contribution >= 0.6 is 7.60 Å². The Balaban J connectivity index is 2.31. The Kier molecular flexibility index (Phi) is 2.98. The van der Waals surface area contributed by atoms with Gasteiger partial charge in [0, 0.05) is 0 Å². The van der Waals surface area contributed by atoms with Gasteiger partial charge in [-0.3, -0.25) is 4.57 Å². The summed E-state index contributed by atoms with van der Waals surface area (Å²) >= 11 is 0. The lowest BCUT2D eigenvalue weighted by molar-refractivity contribution is 0.0754. The Morgan fingerprint density at radius 3 is 2.77 bits per heavy atom. The van der Waals surface area contributed by atoms with Crippen molar-refractivity contribution in [2.24, 2.45) is 5.92 Å². The number of allylic oxidation sites excluding steroid dienone is 1. The second-order valence-electron chi connectivity index (χ2n) is 3.43. The van der Waals surface area contributed by atoms with Gasteiger partial charge in [-0.2, -0.15) is 0 Å². The molecule has 0 aromatic heterocycles. The molecule has 0 spiro atoms. The van der Waals surface area contributed by atoms with Gasteiger partial charge in [0.25, 0.3) is 0 Å². The van der Waals surface area contributed by atoms with Gasteiger partial charge < -0.3 is 14.5 Å². The fourth-order valence-corrected chi connectivity index (χ4v) is 1.67. The number of hydrogen-bond donors (Lipinski definition) is 2. The molecule has 1 radical (unpaired) electrons. The van der Waals surface area contributed by atoms with E-state index in [1.807, 2.05) is 0 Å². The molecule has 1 aliphatic rings. The summed E-state index contributed by atoms with van der Waals surface area (Å²) in [4.78, 5) is 17.1. The number of ether oxygens (including phenoxy) is 1. The molecule has 0 amide bonds. The minimum atomic E-state index is -4.06. The normalized spacial score (nSPS) is 33.0. The van der Waals surface area contributed by atoms with Gasteiger partial charge in [-0.1, -0.05) is 6.08 Å². The van der Waals surface area contributed by atoms with Crippen LogP contribution in [0.1, 0.15) is 12.8 Å². The van der Waals surface area contributed by atoms with Gasteiger partial charge in [0.1, 0.15) is 6.35 Å². The molecule has 1 rings (SSSR count). The van der Waals surface area contributed by atoms with E-state index in [1.165, 1.54) is 0 Å². The molecular weight excluding hydrogens is 191 g/mol. The lowest BCUT2D eigenvalue weighted by Gasteiger charge is -2.12. The lowest BCUT2D eigenvalue weighted by atomic mass is 10.2. The minimum absolute atomic E-state index is 0.261. The molecule has 5 heteroatoms. The fourth-order valence-electron chi connectivity index (χ4n) is 1.25. The molecule has 0 aromatic rings. The Morgan fingerprint density at radius 1 is 1.69 bits per heavy atom. The van der Waals surface area contributed by atoms with Gasteiger partial charge in [0.05, 0.1) is 5.60 Å². The van der Waals surface area contributed by atoms with Crippen LogP contribution in [0.25, 0.3) is 0 Å². The van der Waals surface area contributed by atoms with Gasteiger partial charge >= 0.3 is 7.60 Å². The molecule has 1 saturated carbocycles. The van der Waals surface area contributed by atoms with Crippen molar-refractivity contribution < 1.29 is 19.1 Å². The van der Waals surface area contributed by atoms with Crippen molar-refractivity contribution >= 4 is 7.60 Å². The summed E-state index contributed by atoms with van der Waals surface area (Å²) in [6, 6.07) is 0. The predicted molar refractivity (Wildman–Crippen MR) is 49.0 cm³/mol. The average molecular weight is 205 g/mol. The van der Waals surface area contributed by atoms with Crippen molar-refractivity contribution in [1.82, 2.24) is 0 Å². The molecule has 0 heterocycles. The SMILES string of the molecule is [CH2]C1(OCP(=O)(O)O)CC1CC=C. The highest BCUT2D eigenvalue weighted by atomic mass is 31.2. The highest BCUT2D eigenvalue weighted by Crippen LogP contribution is 2.50. The maximum absolute atomic E-state index is 10.5. The van der Waals surface area contributed by atoms with Crippen molar-refractivity contribution in [3.63, 3.8) is 0 Å². The highest BCUT2D eigenvalue weighted by molar-refractivity contribution is 7.51. The van der Waals surface area contributed by atoms with E-state index in [1.54, 1.807) is 6.08 Å². The Bertz CT molecular complexity index is 247. The van der Waals surface area contributed by atoms with Gasteiger partial charge in [-0.25, -0.2) is 0 Å². The van der Waals surface area contributed by atoms with E-state index in [9.17, 15) is 4.57 Å². The third-order valence-electron chi connectivity index (χ3n) is 2.15. The summed E-state index contributed by atoms with van der Waals surface area (Å²) in [5.74, 6) is 0.261. The Hall–Kier alpha value is -0.150. The van der Waals surface area contributed by atoms with Crippen LogP contribution in [-0.4, -0.2) is 21.7 Å². The quantitative estimate of drug-likeness (QED) is 0.524. The van der Waals surface area contributed by atoms with Crippen molar-refractivity contribution in [2.45, 2.75) is 18.4 Å². The molecule has 2 unspecified atom stereocenters. The van der Waals surface area contributed by atoms with Crippen LogP contribution < -0.4 is 0 Å². The molecule has 2 atom stereocenters. The Morgan fingerprint density at radius 2 is 2.31 bits per heavy atom. The van der Waals surface area contributed by atoms with E-state index < -0.39 is 19.5 Å². The molecule has 0 bridgehead atoms. The van der Waals surface area contributed by atoms with Crippen LogP contribution in [0.2, 0.25) is 0 Å². The van der Waals surface area contributed by atoms with Crippen molar-refractivity contribution in [1.29, 1.82) is 0 Å². The van der Waals surface area contributed by atoms with E-state index >= 15 is 0 Å². The monoisotopic (exact) mass is 205 g/mol. The van der Waals surface area contributed by atoms with E-state index in [-0.39, 0.29) is 5.92 Å². The first-order chi connectivity index (χ1) is 5.87. The zero-order chi connectivity index (χ0) is 10.1. The van der Waals surface area contributed by atoms with Crippen LogP contribution in [-0.2, 0) is 9.30 Å². The zero-order valence-corrected chi connectivity index (χ0v) is 8.24. The predicted octanol–water partition coefficient (Wildman–Crippen LogP) is 1.31. The maximum Gasteiger partial charge on any atom is 0.351 e. The molecule has 13 heavy (non-hydrogen) atoms. The standard InChI is InChI=1S/C8H14O4P/c1-3-4-7-5-8(7,2)12-6-13(9,10)11/h3,7H,1-2,4-6H2,(H2,9,10,11). The largest absolute Gasteiger partial charge is 0.362 e. The van der Waals surface area contributed by atoms with Crippen LogP contribution in [0.3, 0.4) is 0 Å². The van der Waals surface area contributed by atoms with Crippen LogP contribution in [0.5, 0.6) is 0 Å². The topological polar surface area (TPSA) is 66.8 Å². The van der Waals surface area contributed by atoms with Gasteiger partial charge in [0.15, 0.2) is 0 Å². The lowest BCUT2D eigenvalue weighted by Crippen LogP contribution is -2.13. The Labute approximate surface area is 77.8 Å². The van der Waals surface area contributed by atoms with Gasteiger partial charge in [-0.05, 0) is 25.7 Å². The minimum Gasteiger partial charge on any atom is -0.362 e. The summed E-state index contributed by atoms with van der Waals surface area (Å²) in [6.45, 7) is 7.35. The van der Waals surface area contributed by atoms with Crippen molar-refractivity contribution in [3.8, 4) is 0 Å². The summed E-state index contributed by atoms with van der Waals surface area (Å²) in [6.07, 6.45) is 2.76. The summed E-state index contributed by atoms with van der Waals surface area (Å²) < 4.78 is 15.5. The summed E-state index contributed by atoms with van der Waals surface area (Å²) in [5.41, 5.74) is -0.588. The van der Waals surface area contributed by atoms with Gasteiger partial charge in [-0.15, -0.1) is 6.58 Å². The van der Waals surface area contributed by atoms with E-state index in [0.29, 0.717) is 0 Å². The smallest absolute Gasteiger partial charge is 0.351 e.